The molecule has 3 unspecified atom stereocenters. The molecule has 0 amide bonds. The Morgan fingerprint density at radius 3 is 3.05 bits per heavy atom. The molecule has 0 bridgehead atoms. The van der Waals surface area contributed by atoms with Crippen LogP contribution in [0.15, 0.2) is 16.8 Å². The molecule has 6 heteroatoms. The molecule has 0 fully saturated rings. The molecule has 0 heterocycles. The molecule has 106 valence electrons. The summed E-state index contributed by atoms with van der Waals surface area (Å²) in [5.74, 6) is 0.469. The fourth-order valence-electron chi connectivity index (χ4n) is 2.73. The second-order valence-corrected chi connectivity index (χ2v) is 5.10. The molecule has 1 rings (SSSR count). The number of hydrogen-bond acceptors (Lipinski definition) is 4. The third kappa shape index (κ3) is 4.93. The molecule has 1 aliphatic carbocycles. The molecule has 6 nitrogen and oxygen atoms in total. The van der Waals surface area contributed by atoms with Gasteiger partial charge in [-0.2, -0.15) is 0 Å². The summed E-state index contributed by atoms with van der Waals surface area (Å²) in [4.78, 5) is 14.6. The Morgan fingerprint density at radius 2 is 2.47 bits per heavy atom. The third-order valence-electron chi connectivity index (χ3n) is 3.39. The van der Waals surface area contributed by atoms with Crippen molar-refractivity contribution in [2.45, 2.75) is 32.7 Å². The first-order valence-electron chi connectivity index (χ1n) is 6.57. The van der Waals surface area contributed by atoms with Crippen LogP contribution in [0.25, 0.3) is 10.4 Å². The Labute approximate surface area is 113 Å². The highest BCUT2D eigenvalue weighted by atomic mass is 16.5. The first-order chi connectivity index (χ1) is 9.08. The second-order valence-electron chi connectivity index (χ2n) is 5.10. The highest BCUT2D eigenvalue weighted by molar-refractivity contribution is 5.76. The monoisotopic (exact) mass is 266 g/mol. The van der Waals surface area contributed by atoms with Gasteiger partial charge in [-0.1, -0.05) is 23.7 Å². The van der Waals surface area contributed by atoms with E-state index in [9.17, 15) is 4.79 Å². The van der Waals surface area contributed by atoms with Gasteiger partial charge in [-0.15, -0.1) is 0 Å². The Bertz CT molecular complexity index is 388. The van der Waals surface area contributed by atoms with Crippen molar-refractivity contribution < 1.29 is 9.53 Å². The number of rotatable bonds is 6. The predicted molar refractivity (Wildman–Crippen MR) is 73.5 cm³/mol. The van der Waals surface area contributed by atoms with Gasteiger partial charge in [0, 0.05) is 18.0 Å². The predicted octanol–water partition coefficient (Wildman–Crippen LogP) is 2.42. The van der Waals surface area contributed by atoms with Gasteiger partial charge in [0.15, 0.2) is 0 Å². The van der Waals surface area contributed by atoms with Gasteiger partial charge in [0.25, 0.3) is 0 Å². The van der Waals surface area contributed by atoms with Crippen LogP contribution < -0.4 is 5.32 Å². The molecule has 0 aliphatic heterocycles. The summed E-state index contributed by atoms with van der Waals surface area (Å²) < 4.78 is 4.87. The Morgan fingerprint density at radius 1 is 1.74 bits per heavy atom. The lowest BCUT2D eigenvalue weighted by atomic mass is 9.79. The molecule has 19 heavy (non-hydrogen) atoms. The average molecular weight is 266 g/mol. The third-order valence-corrected chi connectivity index (χ3v) is 3.39. The highest BCUT2D eigenvalue weighted by Gasteiger charge is 2.31. The van der Waals surface area contributed by atoms with Gasteiger partial charge < -0.3 is 10.1 Å². The molecule has 3 atom stereocenters. The van der Waals surface area contributed by atoms with Crippen molar-refractivity contribution in [1.82, 2.24) is 5.32 Å². The number of nitrogens with zero attached hydrogens (tertiary/aromatic N) is 3. The lowest BCUT2D eigenvalue weighted by Gasteiger charge is -2.31. The quantitative estimate of drug-likeness (QED) is 0.200. The molecular weight excluding hydrogens is 244 g/mol. The standard InChI is InChI=1S/C13H22N4O2/c1-9-6-10(2)8-11(7-9)12(13(18)19-3)15-4-5-16-17-14/h6,9,11-12,15H,4-5,7-8H2,1-3H3. The van der Waals surface area contributed by atoms with E-state index < -0.39 is 0 Å². The molecule has 0 spiro atoms. The van der Waals surface area contributed by atoms with E-state index in [2.05, 4.69) is 35.3 Å². The van der Waals surface area contributed by atoms with E-state index in [1.165, 1.54) is 12.7 Å². The van der Waals surface area contributed by atoms with Crippen LogP contribution in [0.1, 0.15) is 26.7 Å². The maximum atomic E-state index is 11.9. The van der Waals surface area contributed by atoms with Crippen molar-refractivity contribution in [2.24, 2.45) is 17.0 Å². The van der Waals surface area contributed by atoms with E-state index in [1.54, 1.807) is 0 Å². The Kier molecular flexibility index (Phi) is 6.39. The minimum atomic E-state index is -0.329. The SMILES string of the molecule is COC(=O)C(NCCN=[N+]=[N-])C1CC(C)=CC(C)C1. The highest BCUT2D eigenvalue weighted by Crippen LogP contribution is 2.30. The Balaban J connectivity index is 2.65. The van der Waals surface area contributed by atoms with Crippen molar-refractivity contribution in [1.29, 1.82) is 0 Å². The Hall–Kier alpha value is -1.52. The summed E-state index contributed by atoms with van der Waals surface area (Å²) in [6.07, 6.45) is 4.12. The zero-order valence-electron chi connectivity index (χ0n) is 11.8. The van der Waals surface area contributed by atoms with Crippen molar-refractivity contribution in [2.75, 3.05) is 20.2 Å². The van der Waals surface area contributed by atoms with Crippen LogP contribution >= 0.6 is 0 Å². The van der Waals surface area contributed by atoms with E-state index in [-0.39, 0.29) is 17.9 Å². The lowest BCUT2D eigenvalue weighted by Crippen LogP contribution is -2.45. The van der Waals surface area contributed by atoms with Gasteiger partial charge in [0.2, 0.25) is 0 Å². The van der Waals surface area contributed by atoms with Crippen molar-refractivity contribution >= 4 is 5.97 Å². The summed E-state index contributed by atoms with van der Waals surface area (Å²) in [6, 6.07) is -0.329. The van der Waals surface area contributed by atoms with Crippen LogP contribution in [0.4, 0.5) is 0 Å². The second kappa shape index (κ2) is 7.81. The zero-order chi connectivity index (χ0) is 14.3. The molecule has 1 N–H and O–H groups in total. The fourth-order valence-corrected chi connectivity index (χ4v) is 2.73. The number of carbonyl (C=O) groups excluding carboxylic acids is 1. The normalized spacial score (nSPS) is 24.1. The van der Waals surface area contributed by atoms with Crippen molar-refractivity contribution in [3.8, 4) is 0 Å². The number of methoxy groups -OCH3 is 1. The zero-order valence-corrected chi connectivity index (χ0v) is 11.8. The summed E-state index contributed by atoms with van der Waals surface area (Å²) in [7, 11) is 1.40. The number of azide groups is 1. The van der Waals surface area contributed by atoms with E-state index in [0.29, 0.717) is 19.0 Å². The van der Waals surface area contributed by atoms with Gasteiger partial charge >= 0.3 is 5.97 Å². The number of esters is 1. The van der Waals surface area contributed by atoms with Gasteiger partial charge in [-0.05, 0) is 37.1 Å². The van der Waals surface area contributed by atoms with E-state index in [0.717, 1.165) is 12.8 Å². The first kappa shape index (κ1) is 15.5. The smallest absolute Gasteiger partial charge is 0.323 e. The minimum Gasteiger partial charge on any atom is -0.468 e. The largest absolute Gasteiger partial charge is 0.468 e. The molecule has 0 aromatic rings. The fraction of sp³-hybridized carbons (Fsp3) is 0.769. The topological polar surface area (TPSA) is 87.1 Å². The van der Waals surface area contributed by atoms with E-state index >= 15 is 0 Å². The van der Waals surface area contributed by atoms with Crippen molar-refractivity contribution in [3.05, 3.63) is 22.1 Å². The van der Waals surface area contributed by atoms with E-state index in [4.69, 9.17) is 10.3 Å². The van der Waals surface area contributed by atoms with Gasteiger partial charge in [-0.3, -0.25) is 4.79 Å². The maximum absolute atomic E-state index is 11.9. The van der Waals surface area contributed by atoms with E-state index in [1.807, 2.05) is 0 Å². The summed E-state index contributed by atoms with van der Waals surface area (Å²) in [5, 5.41) is 6.61. The molecule has 1 aliphatic rings. The minimum absolute atomic E-state index is 0.235. The molecule has 0 aromatic carbocycles. The molecule has 0 saturated heterocycles. The molecule has 0 aromatic heterocycles. The summed E-state index contributed by atoms with van der Waals surface area (Å²) in [5.41, 5.74) is 9.55. The lowest BCUT2D eigenvalue weighted by molar-refractivity contribution is -0.144. The number of nitrogens with one attached hydrogen (secondary N) is 1. The molecule has 0 saturated carbocycles. The molecular formula is C13H22N4O2. The number of ether oxygens (including phenoxy) is 1. The summed E-state index contributed by atoms with van der Waals surface area (Å²) in [6.45, 7) is 5.07. The van der Waals surface area contributed by atoms with Gasteiger partial charge in [-0.25, -0.2) is 0 Å². The first-order valence-corrected chi connectivity index (χ1v) is 6.57. The van der Waals surface area contributed by atoms with Crippen LogP contribution in [0, 0.1) is 11.8 Å². The van der Waals surface area contributed by atoms with Gasteiger partial charge in [0.1, 0.15) is 6.04 Å². The average Bonchev–Trinajstić information content (AvgIpc) is 2.37. The number of allylic oxidation sites excluding steroid dienone is 2. The summed E-state index contributed by atoms with van der Waals surface area (Å²) >= 11 is 0. The van der Waals surface area contributed by atoms with Crippen LogP contribution in [-0.4, -0.2) is 32.2 Å². The van der Waals surface area contributed by atoms with Crippen LogP contribution in [0.3, 0.4) is 0 Å². The van der Waals surface area contributed by atoms with Gasteiger partial charge in [0.05, 0.1) is 7.11 Å². The molecule has 0 radical (unpaired) electrons. The number of carbonyl (C=O) groups is 1. The van der Waals surface area contributed by atoms with Crippen molar-refractivity contribution in [3.63, 3.8) is 0 Å². The maximum Gasteiger partial charge on any atom is 0.323 e. The van der Waals surface area contributed by atoms with Crippen LogP contribution in [0.5, 0.6) is 0 Å². The van der Waals surface area contributed by atoms with Crippen LogP contribution in [-0.2, 0) is 9.53 Å². The number of hydrogen-bond donors (Lipinski definition) is 1. The van der Waals surface area contributed by atoms with Crippen LogP contribution in [0.2, 0.25) is 0 Å².